The number of halogens is 1. The molecule has 1 aliphatic carbocycles. The van der Waals surface area contributed by atoms with Crippen molar-refractivity contribution in [3.8, 4) is 5.75 Å². The van der Waals surface area contributed by atoms with Gasteiger partial charge >= 0.3 is 0 Å². The molecule has 3 aromatic rings. The maximum Gasteiger partial charge on any atom is 0.223 e. The van der Waals surface area contributed by atoms with Gasteiger partial charge in [-0.1, -0.05) is 43.0 Å². The molecule has 182 valence electrons. The number of amides is 1. The molecule has 6 heteroatoms. The van der Waals surface area contributed by atoms with Gasteiger partial charge in [0.05, 0.1) is 23.7 Å². The normalized spacial score (nSPS) is 15.4. The zero-order valence-electron chi connectivity index (χ0n) is 20.6. The van der Waals surface area contributed by atoms with Crippen LogP contribution in [0.5, 0.6) is 5.75 Å². The molecule has 1 N–H and O–H groups in total. The first-order chi connectivity index (χ1) is 16.4. The van der Waals surface area contributed by atoms with Crippen molar-refractivity contribution in [1.82, 2.24) is 14.9 Å². The number of aromatic nitrogens is 2. The number of hydrogen-bond donors (Lipinski definition) is 1. The third-order valence-corrected chi connectivity index (χ3v) is 7.46. The number of rotatable bonds is 9. The summed E-state index contributed by atoms with van der Waals surface area (Å²) in [5.74, 6) is 2.11. The Morgan fingerprint density at radius 2 is 1.85 bits per heavy atom. The van der Waals surface area contributed by atoms with E-state index in [9.17, 15) is 4.79 Å². The van der Waals surface area contributed by atoms with Crippen molar-refractivity contribution in [2.24, 2.45) is 5.92 Å². The first-order valence-electron chi connectivity index (χ1n) is 12.6. The van der Waals surface area contributed by atoms with Crippen molar-refractivity contribution in [2.45, 2.75) is 78.3 Å². The van der Waals surface area contributed by atoms with E-state index in [0.29, 0.717) is 6.61 Å². The van der Waals surface area contributed by atoms with Gasteiger partial charge in [-0.15, -0.1) is 0 Å². The highest BCUT2D eigenvalue weighted by atomic mass is 35.5. The zero-order valence-corrected chi connectivity index (χ0v) is 21.3. The fraction of sp³-hybridized carbons (Fsp3) is 0.500. The number of carbonyl (C=O) groups is 1. The van der Waals surface area contributed by atoms with E-state index in [1.165, 1.54) is 6.42 Å². The Morgan fingerprint density at radius 3 is 2.59 bits per heavy atom. The van der Waals surface area contributed by atoms with Gasteiger partial charge in [0.1, 0.15) is 11.6 Å². The van der Waals surface area contributed by atoms with E-state index >= 15 is 0 Å². The van der Waals surface area contributed by atoms with E-state index in [-0.39, 0.29) is 17.9 Å². The molecule has 1 heterocycles. The van der Waals surface area contributed by atoms with Crippen molar-refractivity contribution in [3.05, 3.63) is 58.4 Å². The number of unbranched alkanes of at least 4 members (excludes halogenated alkanes) is 1. The van der Waals surface area contributed by atoms with Crippen molar-refractivity contribution >= 4 is 28.5 Å². The maximum absolute atomic E-state index is 12.8. The average molecular weight is 482 g/mol. The topological polar surface area (TPSA) is 56.1 Å². The summed E-state index contributed by atoms with van der Waals surface area (Å²) < 4.78 is 8.25. The summed E-state index contributed by atoms with van der Waals surface area (Å²) in [5.41, 5.74) is 4.16. The molecule has 1 amide bonds. The molecule has 1 aromatic heterocycles. The van der Waals surface area contributed by atoms with Crippen LogP contribution in [0.4, 0.5) is 0 Å². The number of para-hydroxylation sites is 2. The van der Waals surface area contributed by atoms with E-state index in [1.807, 2.05) is 51.1 Å². The Labute approximate surface area is 207 Å². The number of carbonyl (C=O) groups excluding carboxylic acids is 1. The van der Waals surface area contributed by atoms with Crippen LogP contribution in [0.3, 0.4) is 0 Å². The van der Waals surface area contributed by atoms with Gasteiger partial charge in [-0.25, -0.2) is 4.98 Å². The fourth-order valence-corrected chi connectivity index (χ4v) is 5.08. The second kappa shape index (κ2) is 11.3. The van der Waals surface area contributed by atoms with E-state index < -0.39 is 0 Å². The number of fused-ring (bicyclic) bond motifs is 1. The first kappa shape index (κ1) is 24.6. The standard InChI is InChI=1S/C28H36ClN3O2/c1-19-17-23(18-20(2)26(19)29)34-16-10-9-15-32-25-14-8-7-13-24(25)31-27(32)21(3)30-28(33)22-11-5-4-6-12-22/h7-8,13-14,17-18,21-22H,4-6,9-12,15-16H2,1-3H3,(H,30,33). The van der Waals surface area contributed by atoms with Gasteiger partial charge in [0, 0.05) is 17.5 Å². The van der Waals surface area contributed by atoms with Crippen LogP contribution in [0, 0.1) is 19.8 Å². The number of aryl methyl sites for hydroxylation is 3. The van der Waals surface area contributed by atoms with E-state index in [4.69, 9.17) is 21.3 Å². The smallest absolute Gasteiger partial charge is 0.223 e. The van der Waals surface area contributed by atoms with Gasteiger partial charge in [-0.05, 0) is 81.8 Å². The maximum atomic E-state index is 12.8. The van der Waals surface area contributed by atoms with Crippen LogP contribution in [0.1, 0.15) is 74.9 Å². The molecule has 1 aliphatic rings. The minimum Gasteiger partial charge on any atom is -0.494 e. The Kier molecular flexibility index (Phi) is 8.15. The second-order valence-corrected chi connectivity index (χ2v) is 9.98. The summed E-state index contributed by atoms with van der Waals surface area (Å²) >= 11 is 6.26. The van der Waals surface area contributed by atoms with Crippen LogP contribution in [0.15, 0.2) is 36.4 Å². The lowest BCUT2D eigenvalue weighted by Crippen LogP contribution is -2.35. The SMILES string of the molecule is Cc1cc(OCCCCn2c(C(C)NC(=O)C3CCCCC3)nc3ccccc32)cc(C)c1Cl. The van der Waals surface area contributed by atoms with Crippen LogP contribution >= 0.6 is 11.6 Å². The third-order valence-electron chi connectivity index (χ3n) is 6.86. The molecule has 0 saturated heterocycles. The number of imidazole rings is 1. The number of ether oxygens (including phenoxy) is 1. The molecule has 0 aliphatic heterocycles. The Hall–Kier alpha value is -2.53. The molecule has 4 rings (SSSR count). The molecule has 0 spiro atoms. The highest BCUT2D eigenvalue weighted by Gasteiger charge is 2.24. The summed E-state index contributed by atoms with van der Waals surface area (Å²) in [6.07, 6.45) is 7.45. The van der Waals surface area contributed by atoms with Crippen molar-refractivity contribution in [1.29, 1.82) is 0 Å². The number of benzene rings is 2. The third kappa shape index (κ3) is 5.75. The molecule has 1 fully saturated rings. The predicted molar refractivity (Wildman–Crippen MR) is 139 cm³/mol. The zero-order chi connectivity index (χ0) is 24.1. The molecule has 34 heavy (non-hydrogen) atoms. The highest BCUT2D eigenvalue weighted by molar-refractivity contribution is 6.32. The van der Waals surface area contributed by atoms with Crippen molar-refractivity contribution < 1.29 is 9.53 Å². The summed E-state index contributed by atoms with van der Waals surface area (Å²) in [7, 11) is 0. The quantitative estimate of drug-likeness (QED) is 0.337. The Bertz CT molecular complexity index is 1110. The predicted octanol–water partition coefficient (Wildman–Crippen LogP) is 6.92. The van der Waals surface area contributed by atoms with E-state index in [2.05, 4.69) is 16.0 Å². The fourth-order valence-electron chi connectivity index (χ4n) is 4.97. The van der Waals surface area contributed by atoms with Gasteiger partial charge in [-0.2, -0.15) is 0 Å². The van der Waals surface area contributed by atoms with Crippen LogP contribution < -0.4 is 10.1 Å². The molecule has 0 bridgehead atoms. The number of hydrogen-bond acceptors (Lipinski definition) is 3. The van der Waals surface area contributed by atoms with E-state index in [0.717, 1.165) is 83.8 Å². The highest BCUT2D eigenvalue weighted by Crippen LogP contribution is 2.27. The average Bonchev–Trinajstić information content (AvgIpc) is 3.21. The van der Waals surface area contributed by atoms with Gasteiger partial charge in [-0.3, -0.25) is 4.79 Å². The van der Waals surface area contributed by atoms with Crippen molar-refractivity contribution in [2.75, 3.05) is 6.61 Å². The number of nitrogens with zero attached hydrogens (tertiary/aromatic N) is 2. The van der Waals surface area contributed by atoms with Gasteiger partial charge in [0.2, 0.25) is 5.91 Å². The Balaban J connectivity index is 1.38. The van der Waals surface area contributed by atoms with Crippen molar-refractivity contribution in [3.63, 3.8) is 0 Å². The molecule has 0 radical (unpaired) electrons. The van der Waals surface area contributed by atoms with Crippen LogP contribution in [-0.4, -0.2) is 22.1 Å². The van der Waals surface area contributed by atoms with Gasteiger partial charge in [0.15, 0.2) is 0 Å². The lowest BCUT2D eigenvalue weighted by atomic mass is 9.88. The molecular weight excluding hydrogens is 446 g/mol. The lowest BCUT2D eigenvalue weighted by molar-refractivity contribution is -0.126. The van der Waals surface area contributed by atoms with Crippen LogP contribution in [0.25, 0.3) is 11.0 Å². The first-order valence-corrected chi connectivity index (χ1v) is 13.0. The van der Waals surface area contributed by atoms with Crippen LogP contribution in [0.2, 0.25) is 5.02 Å². The largest absolute Gasteiger partial charge is 0.494 e. The Morgan fingerprint density at radius 1 is 1.15 bits per heavy atom. The molecule has 5 nitrogen and oxygen atoms in total. The molecule has 1 unspecified atom stereocenters. The molecular formula is C28H36ClN3O2. The van der Waals surface area contributed by atoms with Crippen LogP contribution in [-0.2, 0) is 11.3 Å². The monoisotopic (exact) mass is 481 g/mol. The molecule has 2 aromatic carbocycles. The lowest BCUT2D eigenvalue weighted by Gasteiger charge is -2.23. The summed E-state index contributed by atoms with van der Waals surface area (Å²) in [6.45, 7) is 7.54. The summed E-state index contributed by atoms with van der Waals surface area (Å²) in [4.78, 5) is 17.7. The molecule has 1 atom stereocenters. The molecule has 1 saturated carbocycles. The minimum atomic E-state index is -0.127. The summed E-state index contributed by atoms with van der Waals surface area (Å²) in [6, 6.07) is 12.1. The second-order valence-electron chi connectivity index (χ2n) is 9.60. The van der Waals surface area contributed by atoms with Gasteiger partial charge in [0.25, 0.3) is 0 Å². The van der Waals surface area contributed by atoms with Gasteiger partial charge < -0.3 is 14.6 Å². The van der Waals surface area contributed by atoms with E-state index in [1.54, 1.807) is 0 Å². The number of nitrogens with one attached hydrogen (secondary N) is 1. The minimum absolute atomic E-state index is 0.127. The summed E-state index contributed by atoms with van der Waals surface area (Å²) in [5, 5.41) is 4.05.